The smallest absolute Gasteiger partial charge is 0.303 e. The van der Waals surface area contributed by atoms with Gasteiger partial charge in [0.1, 0.15) is 36.9 Å². The molecule has 98 heavy (non-hydrogen) atoms. The van der Waals surface area contributed by atoms with Crippen LogP contribution in [0, 0.1) is 13.8 Å². The summed E-state index contributed by atoms with van der Waals surface area (Å²) >= 11 is 0. The van der Waals surface area contributed by atoms with Gasteiger partial charge < -0.3 is 76.8 Å². The Labute approximate surface area is 561 Å². The first-order valence-corrected chi connectivity index (χ1v) is 31.5. The van der Waals surface area contributed by atoms with E-state index < -0.39 is 122 Å². The number of hydrogen-bond acceptors (Lipinski definition) is 20. The second-order valence-electron chi connectivity index (χ2n) is 23.8. The van der Waals surface area contributed by atoms with E-state index in [0.29, 0.717) is 44.4 Å². The van der Waals surface area contributed by atoms with Crippen molar-refractivity contribution >= 4 is 70.0 Å². The van der Waals surface area contributed by atoms with Crippen LogP contribution in [0.1, 0.15) is 112 Å². The van der Waals surface area contributed by atoms with Gasteiger partial charge in [0.2, 0.25) is 24.8 Å². The Balaban J connectivity index is 1.08. The van der Waals surface area contributed by atoms with Gasteiger partial charge in [-0.15, -0.1) is 0 Å². The van der Waals surface area contributed by atoms with Crippen LogP contribution in [0.4, 0.5) is 0 Å². The highest BCUT2D eigenvalue weighted by Crippen LogP contribution is 2.36. The van der Waals surface area contributed by atoms with Crippen LogP contribution >= 0.6 is 0 Å². The third-order valence-corrected chi connectivity index (χ3v) is 16.2. The van der Waals surface area contributed by atoms with Crippen molar-refractivity contribution in [2.24, 2.45) is 0 Å². The molecule has 4 aromatic heterocycles. The van der Waals surface area contributed by atoms with Gasteiger partial charge in [0, 0.05) is 122 Å². The average Bonchev–Trinajstić information content (AvgIpc) is 1.36. The van der Waals surface area contributed by atoms with Crippen molar-refractivity contribution in [1.82, 2.24) is 19.9 Å². The number of hydrogen-bond donors (Lipinski definition) is 4. The molecule has 0 aliphatic carbocycles. The van der Waals surface area contributed by atoms with Gasteiger partial charge in [-0.25, -0.2) is 0 Å². The summed E-state index contributed by atoms with van der Waals surface area (Å²) < 4.78 is 70.9. The van der Waals surface area contributed by atoms with Crippen molar-refractivity contribution in [3.05, 3.63) is 223 Å². The highest BCUT2D eigenvalue weighted by molar-refractivity contribution is 5.85. The number of aryl methyl sites for hydroxylation is 2. The summed E-state index contributed by atoms with van der Waals surface area (Å²) in [5.74, 6) is -5.62. The van der Waals surface area contributed by atoms with Gasteiger partial charge in [-0.2, -0.15) is 0 Å². The van der Waals surface area contributed by atoms with E-state index in [0.717, 1.165) is 97.0 Å². The molecule has 10 unspecified atom stereocenters. The number of nitrogens with one attached hydrogen (secondary N) is 4. The van der Waals surface area contributed by atoms with Crippen molar-refractivity contribution in [3.63, 3.8) is 0 Å². The van der Waals surface area contributed by atoms with E-state index >= 15 is 0 Å². The van der Waals surface area contributed by atoms with Crippen LogP contribution in [0.3, 0.4) is 0 Å². The number of aromatic amines is 4. The molecule has 11 rings (SSSR count). The second kappa shape index (κ2) is 29.4. The van der Waals surface area contributed by atoms with Crippen LogP contribution in [0.25, 0.3) is 22.3 Å². The first-order valence-electron chi connectivity index (χ1n) is 31.5. The lowest BCUT2D eigenvalue weighted by Gasteiger charge is -2.43. The molecule has 2 fully saturated rings. The Bertz CT molecular complexity index is 4380. The average molecular weight is 1340 g/mol. The molecule has 3 aliphatic rings. The molecule has 24 nitrogen and oxygen atoms in total. The number of ether oxygens (including phenoxy) is 12. The number of benzene rings is 4. The van der Waals surface area contributed by atoms with Crippen molar-refractivity contribution in [2.75, 3.05) is 13.2 Å². The minimum atomic E-state index is -1.52. The fourth-order valence-corrected chi connectivity index (χ4v) is 12.5. The monoisotopic (exact) mass is 1340 g/mol. The molecule has 3 aliphatic heterocycles. The highest BCUT2D eigenvalue weighted by Gasteiger charge is 2.55. The molecule has 8 aromatic rings. The first-order chi connectivity index (χ1) is 46.9. The molecule has 10 atom stereocenters. The van der Waals surface area contributed by atoms with E-state index in [1.165, 1.54) is 13.8 Å². The van der Waals surface area contributed by atoms with Crippen LogP contribution in [0.5, 0.6) is 11.5 Å². The number of carbonyl (C=O) groups excluding carboxylic acids is 8. The van der Waals surface area contributed by atoms with Crippen LogP contribution in [0.15, 0.2) is 146 Å². The number of rotatable bonds is 18. The Morgan fingerprint density at radius 3 is 0.908 bits per heavy atom. The molecule has 0 saturated carbocycles. The van der Waals surface area contributed by atoms with Crippen LogP contribution in [-0.2, 0) is 85.7 Å². The third-order valence-electron chi connectivity index (χ3n) is 16.2. The summed E-state index contributed by atoms with van der Waals surface area (Å²) in [6.45, 7) is 12.4. The predicted octanol–water partition coefficient (Wildman–Crippen LogP) is 5.84. The van der Waals surface area contributed by atoms with Crippen molar-refractivity contribution in [1.29, 1.82) is 0 Å². The Hall–Kier alpha value is -11.2. The normalized spacial score (nSPS) is 21.2. The van der Waals surface area contributed by atoms with Crippen molar-refractivity contribution in [3.8, 4) is 11.5 Å². The SMILES string of the molecule is CC(=O)OCC1OC(Oc2cccc(C3=c4ccc([nH]4)=C(c4cccc(C)c4)c4ccc([nH]4)C(c4cccc(OC5OC(COC(C)=O)C(OC(C)=O)C(OC(C)=O)C5OC(C)=O)c4)=c4ccc([nH]4)=C(c4cccc(C)c4)c4ccc3[nH]4)c2)C(OC(C)=O)C(OC(C)=O)C1OC(C)=O. The summed E-state index contributed by atoms with van der Waals surface area (Å²) in [6.07, 6.45) is -14.3. The van der Waals surface area contributed by atoms with Gasteiger partial charge in [-0.3, -0.25) is 38.4 Å². The third kappa shape index (κ3) is 15.7. The molecule has 8 bridgehead atoms. The number of H-pyrrole nitrogens is 4. The van der Waals surface area contributed by atoms with Gasteiger partial charge in [0.25, 0.3) is 0 Å². The van der Waals surface area contributed by atoms with E-state index in [4.69, 9.17) is 56.8 Å². The molecule has 2 saturated heterocycles. The number of fused-ring (bicyclic) bond motifs is 8. The van der Waals surface area contributed by atoms with Crippen LogP contribution < -0.4 is 30.9 Å². The first kappa shape index (κ1) is 68.2. The fraction of sp³-hybridized carbons (Fsp3) is 0.297. The standard InChI is InChI=1S/C74H72N4O20/c1-37-15-11-17-47(31-37)63-53-23-27-57(75-53)65(49-19-13-21-51(33-49)95-73-71(93-45(9)85)69(91-43(7)83)67(89-41(5)81)61(97-73)35-87-39(3)79)59-29-25-55(77-59)64(48-18-12-16-38(2)32-48)56-26-30-60(78-56)66(58-28-24-54(63)76-58)50-20-14-22-52(34-50)96-74-72(94-46(10)86)70(92-44(8)84)68(90-42(6)82)62(98-74)36-88-40(4)80/h11-34,61-62,67-78H,35-36H2,1-10H3. The highest BCUT2D eigenvalue weighted by atomic mass is 16.7. The van der Waals surface area contributed by atoms with E-state index in [2.05, 4.69) is 32.1 Å². The summed E-state index contributed by atoms with van der Waals surface area (Å²) in [6, 6.07) is 46.3. The molecule has 4 N–H and O–H groups in total. The molecular weight excluding hydrogens is 1260 g/mol. The van der Waals surface area contributed by atoms with Crippen LogP contribution in [0.2, 0.25) is 0 Å². The van der Waals surface area contributed by atoms with E-state index in [1.54, 1.807) is 36.4 Å². The minimum Gasteiger partial charge on any atom is -0.463 e. The molecule has 24 heteroatoms. The fourth-order valence-electron chi connectivity index (χ4n) is 12.5. The van der Waals surface area contributed by atoms with Gasteiger partial charge >= 0.3 is 47.8 Å². The lowest BCUT2D eigenvalue weighted by atomic mass is 9.98. The predicted molar refractivity (Wildman–Crippen MR) is 349 cm³/mol. The van der Waals surface area contributed by atoms with Crippen molar-refractivity contribution in [2.45, 2.75) is 131 Å². The zero-order chi connectivity index (χ0) is 69.6. The Morgan fingerprint density at radius 1 is 0.327 bits per heavy atom. The number of carbonyl (C=O) groups is 8. The number of esters is 8. The maximum absolute atomic E-state index is 12.9. The van der Waals surface area contributed by atoms with Gasteiger partial charge in [0.05, 0.1) is 0 Å². The van der Waals surface area contributed by atoms with Gasteiger partial charge in [0.15, 0.2) is 24.4 Å². The van der Waals surface area contributed by atoms with Gasteiger partial charge in [-0.05, 0) is 109 Å². The largest absolute Gasteiger partial charge is 0.463 e. The Morgan fingerprint density at radius 2 is 0.612 bits per heavy atom. The molecular formula is C74H72N4O20. The molecule has 0 radical (unpaired) electrons. The maximum atomic E-state index is 12.9. The van der Waals surface area contributed by atoms with Crippen molar-refractivity contribution < 1.29 is 95.2 Å². The lowest BCUT2D eigenvalue weighted by Crippen LogP contribution is -2.63. The summed E-state index contributed by atoms with van der Waals surface area (Å²) in [7, 11) is 0. The molecule has 4 aromatic carbocycles. The minimum absolute atomic E-state index is 0.211. The van der Waals surface area contributed by atoms with E-state index in [1.807, 2.05) is 111 Å². The van der Waals surface area contributed by atoms with E-state index in [9.17, 15) is 38.4 Å². The second-order valence-corrected chi connectivity index (χ2v) is 23.8. The van der Waals surface area contributed by atoms with Crippen LogP contribution in [-0.4, -0.2) is 142 Å². The lowest BCUT2D eigenvalue weighted by molar-refractivity contribution is -0.288. The molecule has 508 valence electrons. The summed E-state index contributed by atoms with van der Waals surface area (Å²) in [5, 5.41) is 2.77. The molecule has 0 spiro atoms. The molecule has 0 amide bonds. The topological polar surface area (TPSA) is 310 Å². The van der Waals surface area contributed by atoms with E-state index in [-0.39, 0.29) is 11.5 Å². The quantitative estimate of drug-likeness (QED) is 0.0579. The summed E-state index contributed by atoms with van der Waals surface area (Å²) in [5.41, 5.74) is 10.8. The molecule has 7 heterocycles. The maximum Gasteiger partial charge on any atom is 0.303 e. The zero-order valence-corrected chi connectivity index (χ0v) is 55.2. The number of aromatic nitrogens is 4. The zero-order valence-electron chi connectivity index (χ0n) is 55.2. The van der Waals surface area contributed by atoms with Gasteiger partial charge in [-0.1, -0.05) is 83.9 Å². The Kier molecular flexibility index (Phi) is 20.4. The summed E-state index contributed by atoms with van der Waals surface area (Å²) in [4.78, 5) is 116.